The normalized spacial score (nSPS) is 10.8. The largest absolute Gasteiger partial charge is 0.369 e. The summed E-state index contributed by atoms with van der Waals surface area (Å²) in [6, 6.07) is 9.40. The zero-order valence-electron chi connectivity index (χ0n) is 12.4. The molecule has 0 aliphatic carbocycles. The third-order valence-electron chi connectivity index (χ3n) is 3.52. The number of hydrogen-bond donors (Lipinski definition) is 1. The summed E-state index contributed by atoms with van der Waals surface area (Å²) in [4.78, 5) is 6.87. The average Bonchev–Trinajstić information content (AvgIpc) is 2.51. The van der Waals surface area contributed by atoms with E-state index in [0.717, 1.165) is 42.9 Å². The van der Waals surface area contributed by atoms with Crippen molar-refractivity contribution in [3.05, 3.63) is 34.9 Å². The Morgan fingerprint density at radius 1 is 1.29 bits per heavy atom. The van der Waals surface area contributed by atoms with Crippen molar-refractivity contribution in [2.75, 3.05) is 31.5 Å². The van der Waals surface area contributed by atoms with Crippen molar-refractivity contribution in [1.29, 1.82) is 5.26 Å². The maximum absolute atomic E-state index is 9.28. The maximum Gasteiger partial charge on any atom is 0.128 e. The van der Waals surface area contributed by atoms with Gasteiger partial charge >= 0.3 is 0 Å². The Labute approximate surface area is 130 Å². The van der Waals surface area contributed by atoms with Gasteiger partial charge in [-0.15, -0.1) is 0 Å². The van der Waals surface area contributed by atoms with Crippen LogP contribution in [0.3, 0.4) is 0 Å². The van der Waals surface area contributed by atoms with Crippen LogP contribution in [0.5, 0.6) is 0 Å². The molecule has 1 N–H and O–H groups in total. The van der Waals surface area contributed by atoms with E-state index in [1.54, 1.807) is 18.2 Å². The van der Waals surface area contributed by atoms with E-state index in [1.165, 1.54) is 0 Å². The molecule has 4 nitrogen and oxygen atoms in total. The number of aromatic nitrogens is 1. The van der Waals surface area contributed by atoms with E-state index >= 15 is 0 Å². The van der Waals surface area contributed by atoms with Crippen molar-refractivity contribution in [2.24, 2.45) is 0 Å². The number of nitriles is 1. The number of nitrogens with zero attached hydrogens (tertiary/aromatic N) is 3. The summed E-state index contributed by atoms with van der Waals surface area (Å²) in [6.07, 6.45) is 0. The minimum atomic E-state index is 0.591. The molecule has 0 aliphatic heterocycles. The highest BCUT2D eigenvalue weighted by Crippen LogP contribution is 2.23. The van der Waals surface area contributed by atoms with Crippen LogP contribution in [-0.4, -0.2) is 36.1 Å². The van der Waals surface area contributed by atoms with Gasteiger partial charge < -0.3 is 10.2 Å². The molecule has 0 saturated heterocycles. The maximum atomic E-state index is 9.28. The molecule has 2 rings (SSSR count). The fraction of sp³-hybridized carbons (Fsp3) is 0.375. The van der Waals surface area contributed by atoms with Gasteiger partial charge in [0.15, 0.2) is 0 Å². The minimum Gasteiger partial charge on any atom is -0.369 e. The van der Waals surface area contributed by atoms with Gasteiger partial charge in [0.25, 0.3) is 0 Å². The van der Waals surface area contributed by atoms with Crippen LogP contribution in [0.4, 0.5) is 5.82 Å². The lowest BCUT2D eigenvalue weighted by Gasteiger charge is -2.18. The first kappa shape index (κ1) is 15.6. The lowest BCUT2D eigenvalue weighted by Crippen LogP contribution is -2.28. The van der Waals surface area contributed by atoms with Crippen molar-refractivity contribution in [2.45, 2.75) is 13.8 Å². The summed E-state index contributed by atoms with van der Waals surface area (Å²) in [6.45, 7) is 8.12. The van der Waals surface area contributed by atoms with Gasteiger partial charge in [0, 0.05) is 23.5 Å². The van der Waals surface area contributed by atoms with Gasteiger partial charge in [0.05, 0.1) is 17.1 Å². The molecule has 0 bridgehead atoms. The fourth-order valence-corrected chi connectivity index (χ4v) is 2.44. The minimum absolute atomic E-state index is 0.591. The Bertz CT molecular complexity index is 659. The van der Waals surface area contributed by atoms with Crippen LogP contribution in [0.25, 0.3) is 10.9 Å². The van der Waals surface area contributed by atoms with Gasteiger partial charge in [-0.05, 0) is 37.4 Å². The first-order chi connectivity index (χ1) is 10.2. The summed E-state index contributed by atoms with van der Waals surface area (Å²) in [5, 5.41) is 14.0. The zero-order valence-corrected chi connectivity index (χ0v) is 13.1. The predicted molar refractivity (Wildman–Crippen MR) is 87.7 cm³/mol. The van der Waals surface area contributed by atoms with Crippen molar-refractivity contribution in [1.82, 2.24) is 9.88 Å². The molecular weight excluding hydrogens is 284 g/mol. The van der Waals surface area contributed by atoms with Crippen LogP contribution < -0.4 is 5.32 Å². The Morgan fingerprint density at radius 2 is 2.05 bits per heavy atom. The SMILES string of the molecule is CCN(CC)CCNc1cc(C#N)c2cc(Cl)ccc2n1. The van der Waals surface area contributed by atoms with Crippen LogP contribution in [0.1, 0.15) is 19.4 Å². The monoisotopic (exact) mass is 302 g/mol. The van der Waals surface area contributed by atoms with E-state index in [2.05, 4.69) is 35.1 Å². The quantitative estimate of drug-likeness (QED) is 0.887. The number of hydrogen-bond acceptors (Lipinski definition) is 4. The molecule has 0 spiro atoms. The number of anilines is 1. The van der Waals surface area contributed by atoms with E-state index in [-0.39, 0.29) is 0 Å². The number of rotatable bonds is 6. The second kappa shape index (κ2) is 7.26. The van der Waals surface area contributed by atoms with Crippen LogP contribution in [0, 0.1) is 11.3 Å². The molecule has 0 aliphatic rings. The molecule has 5 heteroatoms. The number of benzene rings is 1. The van der Waals surface area contributed by atoms with Crippen molar-refractivity contribution in [3.8, 4) is 6.07 Å². The summed E-state index contributed by atoms with van der Waals surface area (Å²) in [5.41, 5.74) is 1.37. The summed E-state index contributed by atoms with van der Waals surface area (Å²) >= 11 is 5.98. The fourth-order valence-electron chi connectivity index (χ4n) is 2.26. The first-order valence-electron chi connectivity index (χ1n) is 7.14. The summed E-state index contributed by atoms with van der Waals surface area (Å²) in [5.74, 6) is 0.730. The standard InChI is InChI=1S/C16H19ClN4/c1-3-21(4-2)8-7-19-16-9-12(11-18)14-10-13(17)5-6-15(14)20-16/h5-6,9-10H,3-4,7-8H2,1-2H3,(H,19,20). The predicted octanol–water partition coefficient (Wildman–Crippen LogP) is 3.51. The lowest BCUT2D eigenvalue weighted by atomic mass is 10.1. The molecule has 1 heterocycles. The average molecular weight is 303 g/mol. The Balaban J connectivity index is 2.18. The molecule has 0 atom stereocenters. The lowest BCUT2D eigenvalue weighted by molar-refractivity contribution is 0.316. The van der Waals surface area contributed by atoms with Gasteiger partial charge in [0.2, 0.25) is 0 Å². The van der Waals surface area contributed by atoms with Crippen LogP contribution in [0.2, 0.25) is 5.02 Å². The van der Waals surface area contributed by atoms with Crippen LogP contribution in [0.15, 0.2) is 24.3 Å². The molecule has 0 saturated carbocycles. The summed E-state index contributed by atoms with van der Waals surface area (Å²) in [7, 11) is 0. The Hall–Kier alpha value is -1.83. The zero-order chi connectivity index (χ0) is 15.2. The molecule has 2 aromatic rings. The molecule has 0 radical (unpaired) electrons. The Morgan fingerprint density at radius 3 is 2.71 bits per heavy atom. The van der Waals surface area contributed by atoms with E-state index < -0.39 is 0 Å². The molecule has 0 unspecified atom stereocenters. The molecule has 110 valence electrons. The van der Waals surface area contributed by atoms with Gasteiger partial charge in [-0.1, -0.05) is 25.4 Å². The summed E-state index contributed by atoms with van der Waals surface area (Å²) < 4.78 is 0. The third-order valence-corrected chi connectivity index (χ3v) is 3.75. The van der Waals surface area contributed by atoms with Crippen molar-refractivity contribution in [3.63, 3.8) is 0 Å². The molecule has 0 amide bonds. The first-order valence-corrected chi connectivity index (χ1v) is 7.52. The molecule has 1 aromatic heterocycles. The molecule has 0 fully saturated rings. The van der Waals surface area contributed by atoms with Gasteiger partial charge in [0.1, 0.15) is 5.82 Å². The van der Waals surface area contributed by atoms with E-state index in [9.17, 15) is 5.26 Å². The van der Waals surface area contributed by atoms with Gasteiger partial charge in [-0.25, -0.2) is 4.98 Å². The molecule has 1 aromatic carbocycles. The van der Waals surface area contributed by atoms with E-state index in [4.69, 9.17) is 11.6 Å². The number of nitrogens with one attached hydrogen (secondary N) is 1. The highest BCUT2D eigenvalue weighted by molar-refractivity contribution is 6.31. The third kappa shape index (κ3) is 3.84. The van der Waals surface area contributed by atoms with E-state index in [0.29, 0.717) is 10.6 Å². The highest BCUT2D eigenvalue weighted by Gasteiger charge is 2.06. The second-order valence-electron chi connectivity index (χ2n) is 4.78. The smallest absolute Gasteiger partial charge is 0.128 e. The van der Waals surface area contributed by atoms with Crippen molar-refractivity contribution >= 4 is 28.3 Å². The molecule has 21 heavy (non-hydrogen) atoms. The topological polar surface area (TPSA) is 52.0 Å². The second-order valence-corrected chi connectivity index (χ2v) is 5.22. The highest BCUT2D eigenvalue weighted by atomic mass is 35.5. The van der Waals surface area contributed by atoms with Crippen LogP contribution >= 0.6 is 11.6 Å². The van der Waals surface area contributed by atoms with Gasteiger partial charge in [-0.2, -0.15) is 5.26 Å². The number of pyridine rings is 1. The van der Waals surface area contributed by atoms with Crippen molar-refractivity contribution < 1.29 is 0 Å². The number of fused-ring (bicyclic) bond motifs is 1. The number of likely N-dealkylation sites (N-methyl/N-ethyl adjacent to an activating group) is 1. The van der Waals surface area contributed by atoms with Gasteiger partial charge in [-0.3, -0.25) is 0 Å². The Kier molecular flexibility index (Phi) is 5.38. The van der Waals surface area contributed by atoms with E-state index in [1.807, 2.05) is 6.07 Å². The van der Waals surface area contributed by atoms with Crippen LogP contribution in [-0.2, 0) is 0 Å². The number of halogens is 1. The molecular formula is C16H19ClN4.